The van der Waals surface area contributed by atoms with Gasteiger partial charge in [-0.2, -0.15) is 0 Å². The molecule has 1 heterocycles. The fourth-order valence-electron chi connectivity index (χ4n) is 5.35. The molecule has 2 bridgehead atoms. The molecule has 2 aromatic carbocycles. The van der Waals surface area contributed by atoms with Gasteiger partial charge >= 0.3 is 0 Å². The lowest BCUT2D eigenvalue weighted by molar-refractivity contribution is -0.385. The molecular formula is C23H28N2O3. The Balaban J connectivity index is 1.40. The van der Waals surface area contributed by atoms with Gasteiger partial charge in [-0.15, -0.1) is 0 Å². The number of phenols is 1. The molecule has 1 N–H and O–H groups in total. The smallest absolute Gasteiger partial charge is 0.272 e. The first kappa shape index (κ1) is 18.9. The molecule has 28 heavy (non-hydrogen) atoms. The molecule has 2 fully saturated rings. The van der Waals surface area contributed by atoms with E-state index in [-0.39, 0.29) is 16.0 Å². The lowest BCUT2D eigenvalue weighted by Crippen LogP contribution is -2.34. The Morgan fingerprint density at radius 2 is 2.04 bits per heavy atom. The summed E-state index contributed by atoms with van der Waals surface area (Å²) in [7, 11) is 0. The number of nitrogens with zero attached hydrogens (tertiary/aromatic N) is 2. The molecule has 0 aromatic heterocycles. The number of benzene rings is 2. The van der Waals surface area contributed by atoms with Crippen LogP contribution >= 0.6 is 0 Å². The summed E-state index contributed by atoms with van der Waals surface area (Å²) < 4.78 is 0. The second-order valence-corrected chi connectivity index (χ2v) is 8.36. The highest BCUT2D eigenvalue weighted by Gasteiger charge is 2.44. The summed E-state index contributed by atoms with van der Waals surface area (Å²) in [5.41, 5.74) is 2.57. The lowest BCUT2D eigenvalue weighted by atomic mass is 9.75. The van der Waals surface area contributed by atoms with Crippen LogP contribution in [0.15, 0.2) is 48.5 Å². The first-order valence-electron chi connectivity index (χ1n) is 10.3. The van der Waals surface area contributed by atoms with Crippen molar-refractivity contribution in [2.75, 3.05) is 13.1 Å². The van der Waals surface area contributed by atoms with Crippen molar-refractivity contribution >= 4 is 5.69 Å². The maximum atomic E-state index is 11.2. The van der Waals surface area contributed by atoms with Gasteiger partial charge in [0.05, 0.1) is 4.92 Å². The van der Waals surface area contributed by atoms with E-state index >= 15 is 0 Å². The van der Waals surface area contributed by atoms with Gasteiger partial charge in [0.2, 0.25) is 0 Å². The number of phenolic OH excluding ortho intramolecular Hbond substituents is 1. The molecule has 2 unspecified atom stereocenters. The quantitative estimate of drug-likeness (QED) is 0.576. The van der Waals surface area contributed by atoms with E-state index < -0.39 is 0 Å². The molecule has 0 spiro atoms. The number of rotatable bonds is 6. The molecule has 4 rings (SSSR count). The van der Waals surface area contributed by atoms with Crippen LogP contribution in [0.2, 0.25) is 0 Å². The van der Waals surface area contributed by atoms with Gasteiger partial charge in [0, 0.05) is 17.7 Å². The van der Waals surface area contributed by atoms with Crippen LogP contribution < -0.4 is 0 Å². The third-order valence-electron chi connectivity index (χ3n) is 6.74. The van der Waals surface area contributed by atoms with Crippen LogP contribution in [0.3, 0.4) is 0 Å². The summed E-state index contributed by atoms with van der Waals surface area (Å²) in [6.45, 7) is 2.09. The number of fused-ring (bicyclic) bond motifs is 2. The predicted molar refractivity (Wildman–Crippen MR) is 110 cm³/mol. The Kier molecular flexibility index (Phi) is 5.36. The first-order valence-corrected chi connectivity index (χ1v) is 10.3. The monoisotopic (exact) mass is 380 g/mol. The molecule has 2 atom stereocenters. The number of nitro benzene ring substituents is 1. The minimum absolute atomic E-state index is 0.205. The zero-order chi connectivity index (χ0) is 19.6. The maximum Gasteiger partial charge on any atom is 0.272 e. The van der Waals surface area contributed by atoms with E-state index in [4.69, 9.17) is 0 Å². The zero-order valence-corrected chi connectivity index (χ0v) is 16.2. The van der Waals surface area contributed by atoms with Gasteiger partial charge in [-0.1, -0.05) is 30.3 Å². The Bertz CT molecular complexity index is 853. The van der Waals surface area contributed by atoms with Gasteiger partial charge in [0.1, 0.15) is 5.75 Å². The Labute approximate surface area is 166 Å². The largest absolute Gasteiger partial charge is 0.508 e. The normalized spacial score (nSPS) is 24.8. The van der Waals surface area contributed by atoms with Crippen molar-refractivity contribution in [2.24, 2.45) is 0 Å². The fraction of sp³-hybridized carbons (Fsp3) is 0.478. The van der Waals surface area contributed by atoms with E-state index in [1.54, 1.807) is 18.2 Å². The van der Waals surface area contributed by atoms with Crippen molar-refractivity contribution < 1.29 is 10.0 Å². The van der Waals surface area contributed by atoms with E-state index in [9.17, 15) is 15.2 Å². The van der Waals surface area contributed by atoms with E-state index in [2.05, 4.69) is 11.0 Å². The molecule has 2 aromatic rings. The van der Waals surface area contributed by atoms with Gasteiger partial charge in [0.15, 0.2) is 0 Å². The summed E-state index contributed by atoms with van der Waals surface area (Å²) >= 11 is 0. The number of aryl methyl sites for hydroxylation is 1. The Morgan fingerprint density at radius 1 is 1.18 bits per heavy atom. The highest BCUT2D eigenvalue weighted by molar-refractivity contribution is 5.39. The van der Waals surface area contributed by atoms with Crippen molar-refractivity contribution in [2.45, 2.75) is 56.4 Å². The van der Waals surface area contributed by atoms with Gasteiger partial charge in [-0.05, 0) is 81.1 Å². The highest BCUT2D eigenvalue weighted by atomic mass is 16.6. The first-order chi connectivity index (χ1) is 13.6. The Morgan fingerprint density at radius 3 is 2.86 bits per heavy atom. The lowest BCUT2D eigenvalue weighted by Gasteiger charge is -2.29. The molecule has 1 saturated carbocycles. The number of hydrogen-bond acceptors (Lipinski definition) is 4. The molecule has 1 saturated heterocycles. The van der Waals surface area contributed by atoms with Gasteiger partial charge in [0.25, 0.3) is 5.69 Å². The van der Waals surface area contributed by atoms with Crippen LogP contribution in [0.4, 0.5) is 5.69 Å². The molecule has 5 nitrogen and oxygen atoms in total. The molecule has 148 valence electrons. The summed E-state index contributed by atoms with van der Waals surface area (Å²) in [6.07, 6.45) is 7.56. The minimum atomic E-state index is -0.276. The minimum Gasteiger partial charge on any atom is -0.508 e. The van der Waals surface area contributed by atoms with Crippen molar-refractivity contribution in [3.63, 3.8) is 0 Å². The van der Waals surface area contributed by atoms with Crippen LogP contribution in [0.5, 0.6) is 5.75 Å². The van der Waals surface area contributed by atoms with Crippen molar-refractivity contribution in [3.8, 4) is 5.75 Å². The topological polar surface area (TPSA) is 66.6 Å². The van der Waals surface area contributed by atoms with Gasteiger partial charge in [-0.3, -0.25) is 10.1 Å². The number of para-hydroxylation sites is 1. The number of nitro groups is 1. The van der Waals surface area contributed by atoms with E-state index in [1.165, 1.54) is 24.8 Å². The molecule has 0 amide bonds. The average molecular weight is 380 g/mol. The summed E-state index contributed by atoms with van der Waals surface area (Å²) in [5, 5.41) is 21.1. The Hall–Kier alpha value is -2.40. The fourth-order valence-corrected chi connectivity index (χ4v) is 5.35. The molecule has 2 aliphatic rings. The third-order valence-corrected chi connectivity index (χ3v) is 6.74. The number of aromatic hydroxyl groups is 1. The van der Waals surface area contributed by atoms with Gasteiger partial charge in [-0.25, -0.2) is 0 Å². The molecule has 5 heteroatoms. The third kappa shape index (κ3) is 3.76. The van der Waals surface area contributed by atoms with E-state index in [0.717, 1.165) is 44.3 Å². The van der Waals surface area contributed by atoms with E-state index in [0.29, 0.717) is 11.8 Å². The summed E-state index contributed by atoms with van der Waals surface area (Å²) in [6, 6.07) is 15.5. The summed E-state index contributed by atoms with van der Waals surface area (Å²) in [4.78, 5) is 13.5. The second kappa shape index (κ2) is 7.92. The zero-order valence-electron chi connectivity index (χ0n) is 16.2. The predicted octanol–water partition coefficient (Wildman–Crippen LogP) is 4.82. The van der Waals surface area contributed by atoms with Crippen LogP contribution in [-0.4, -0.2) is 34.1 Å². The average Bonchev–Trinajstić information content (AvgIpc) is 3.03. The standard InChI is InChI=1S/C23H28N2O3/c26-21-9-3-8-19(16-21)23-12-5-15-24(20(17-23)11-13-23)14-4-7-18-6-1-2-10-22(18)25(27)28/h1-3,6,8-10,16,20,26H,4-5,7,11-15,17H2. The molecule has 1 aliphatic carbocycles. The molecule has 0 radical (unpaired) electrons. The van der Waals surface area contributed by atoms with Crippen molar-refractivity contribution in [3.05, 3.63) is 69.8 Å². The van der Waals surface area contributed by atoms with Crippen molar-refractivity contribution in [1.29, 1.82) is 0 Å². The SMILES string of the molecule is O=[N+]([O-])c1ccccc1CCCN1CCCC2(c3cccc(O)c3)CCC1C2. The van der Waals surface area contributed by atoms with Crippen molar-refractivity contribution in [1.82, 2.24) is 4.90 Å². The van der Waals surface area contributed by atoms with E-state index in [1.807, 2.05) is 24.3 Å². The number of hydrogen-bond donors (Lipinski definition) is 1. The van der Waals surface area contributed by atoms with Crippen LogP contribution in [0.1, 0.15) is 49.7 Å². The number of likely N-dealkylation sites (tertiary alicyclic amines) is 1. The summed E-state index contributed by atoms with van der Waals surface area (Å²) in [5.74, 6) is 0.362. The molecular weight excluding hydrogens is 352 g/mol. The second-order valence-electron chi connectivity index (χ2n) is 8.36. The van der Waals surface area contributed by atoms with Gasteiger partial charge < -0.3 is 10.0 Å². The highest BCUT2D eigenvalue weighted by Crippen LogP contribution is 2.48. The molecule has 1 aliphatic heterocycles. The van der Waals surface area contributed by atoms with Crippen LogP contribution in [-0.2, 0) is 11.8 Å². The maximum absolute atomic E-state index is 11.2. The van der Waals surface area contributed by atoms with Crippen LogP contribution in [0.25, 0.3) is 0 Å². The van der Waals surface area contributed by atoms with Crippen LogP contribution in [0, 0.1) is 10.1 Å².